The molecule has 2 N–H and O–H groups in total. The van der Waals surface area contributed by atoms with Crippen LogP contribution in [0.5, 0.6) is 0 Å². The minimum absolute atomic E-state index is 0.340. The van der Waals surface area contributed by atoms with Gasteiger partial charge >= 0.3 is 0 Å². The molecule has 0 atom stereocenters. The van der Waals surface area contributed by atoms with Crippen LogP contribution in [0.2, 0.25) is 0 Å². The lowest BCUT2D eigenvalue weighted by molar-refractivity contribution is 0.1000. The summed E-state index contributed by atoms with van der Waals surface area (Å²) in [7, 11) is 0. The SMILES string of the molecule is CC(C)c1cc(C(N)=O)cc(-c2ccccn2)c1. The topological polar surface area (TPSA) is 56.0 Å². The molecule has 18 heavy (non-hydrogen) atoms. The third kappa shape index (κ3) is 2.56. The smallest absolute Gasteiger partial charge is 0.248 e. The molecule has 0 saturated carbocycles. The first-order valence-electron chi connectivity index (χ1n) is 5.94. The van der Waals surface area contributed by atoms with E-state index < -0.39 is 5.91 Å². The highest BCUT2D eigenvalue weighted by molar-refractivity contribution is 5.94. The van der Waals surface area contributed by atoms with Crippen LogP contribution in [0.3, 0.4) is 0 Å². The van der Waals surface area contributed by atoms with Gasteiger partial charge < -0.3 is 5.73 Å². The Balaban J connectivity index is 2.57. The Bertz CT molecular complexity index is 562. The molecule has 0 radical (unpaired) electrons. The molecule has 92 valence electrons. The fourth-order valence-corrected chi connectivity index (χ4v) is 1.81. The summed E-state index contributed by atoms with van der Waals surface area (Å²) >= 11 is 0. The van der Waals surface area contributed by atoms with Crippen molar-refractivity contribution in [2.24, 2.45) is 5.73 Å². The van der Waals surface area contributed by atoms with Crippen molar-refractivity contribution < 1.29 is 4.79 Å². The maximum absolute atomic E-state index is 11.4. The van der Waals surface area contributed by atoms with Crippen LogP contribution in [-0.4, -0.2) is 10.9 Å². The van der Waals surface area contributed by atoms with Crippen LogP contribution >= 0.6 is 0 Å². The van der Waals surface area contributed by atoms with E-state index in [1.165, 1.54) is 0 Å². The van der Waals surface area contributed by atoms with Crippen molar-refractivity contribution in [3.8, 4) is 11.3 Å². The van der Waals surface area contributed by atoms with Crippen molar-refractivity contribution in [3.63, 3.8) is 0 Å². The summed E-state index contributed by atoms with van der Waals surface area (Å²) in [4.78, 5) is 15.7. The number of amides is 1. The van der Waals surface area contributed by atoms with Crippen LogP contribution < -0.4 is 5.73 Å². The summed E-state index contributed by atoms with van der Waals surface area (Å²) in [6.07, 6.45) is 1.74. The Labute approximate surface area is 107 Å². The molecule has 2 aromatic rings. The average Bonchev–Trinajstić information content (AvgIpc) is 2.39. The van der Waals surface area contributed by atoms with E-state index in [-0.39, 0.29) is 0 Å². The molecule has 0 aliphatic rings. The second-order valence-electron chi connectivity index (χ2n) is 4.58. The molecule has 0 saturated heterocycles. The van der Waals surface area contributed by atoms with Gasteiger partial charge in [-0.3, -0.25) is 9.78 Å². The number of carbonyl (C=O) groups is 1. The van der Waals surface area contributed by atoms with Gasteiger partial charge in [-0.05, 0) is 41.8 Å². The second-order valence-corrected chi connectivity index (χ2v) is 4.58. The molecule has 3 heteroatoms. The number of primary amides is 1. The average molecular weight is 240 g/mol. The van der Waals surface area contributed by atoms with Gasteiger partial charge in [-0.25, -0.2) is 0 Å². The van der Waals surface area contributed by atoms with Crippen molar-refractivity contribution in [2.45, 2.75) is 19.8 Å². The van der Waals surface area contributed by atoms with Crippen LogP contribution in [0.15, 0.2) is 42.6 Å². The highest BCUT2D eigenvalue weighted by Gasteiger charge is 2.09. The third-order valence-electron chi connectivity index (χ3n) is 2.87. The molecular weight excluding hydrogens is 224 g/mol. The van der Waals surface area contributed by atoms with E-state index in [2.05, 4.69) is 24.9 Å². The summed E-state index contributed by atoms with van der Waals surface area (Å²) in [5.41, 5.74) is 8.77. The van der Waals surface area contributed by atoms with Gasteiger partial charge in [-0.2, -0.15) is 0 Å². The zero-order valence-corrected chi connectivity index (χ0v) is 10.6. The Morgan fingerprint density at radius 1 is 1.22 bits per heavy atom. The predicted octanol–water partition coefficient (Wildman–Crippen LogP) is 2.97. The summed E-state index contributed by atoms with van der Waals surface area (Å²) in [5, 5.41) is 0. The van der Waals surface area contributed by atoms with Crippen molar-refractivity contribution in [1.29, 1.82) is 0 Å². The van der Waals surface area contributed by atoms with Crippen molar-refractivity contribution in [2.75, 3.05) is 0 Å². The summed E-state index contributed by atoms with van der Waals surface area (Å²) in [6.45, 7) is 4.17. The van der Waals surface area contributed by atoms with Crippen molar-refractivity contribution in [1.82, 2.24) is 4.98 Å². The summed E-state index contributed by atoms with van der Waals surface area (Å²) < 4.78 is 0. The zero-order valence-electron chi connectivity index (χ0n) is 10.6. The molecule has 1 heterocycles. The molecule has 0 aliphatic heterocycles. The molecular formula is C15H16N2O. The van der Waals surface area contributed by atoms with Crippen LogP contribution in [0.4, 0.5) is 0 Å². The molecule has 0 bridgehead atoms. The van der Waals surface area contributed by atoms with Gasteiger partial charge in [0.1, 0.15) is 0 Å². The quantitative estimate of drug-likeness (QED) is 0.896. The lowest BCUT2D eigenvalue weighted by Gasteiger charge is -2.10. The minimum Gasteiger partial charge on any atom is -0.366 e. The van der Waals surface area contributed by atoms with Gasteiger partial charge in [0.2, 0.25) is 5.91 Å². The molecule has 1 aromatic heterocycles. The van der Waals surface area contributed by atoms with Crippen molar-refractivity contribution in [3.05, 3.63) is 53.7 Å². The van der Waals surface area contributed by atoms with Crippen LogP contribution in [-0.2, 0) is 0 Å². The first-order valence-corrected chi connectivity index (χ1v) is 5.94. The van der Waals surface area contributed by atoms with E-state index >= 15 is 0 Å². The van der Waals surface area contributed by atoms with Gasteiger partial charge in [0.25, 0.3) is 0 Å². The maximum Gasteiger partial charge on any atom is 0.248 e. The number of hydrogen-bond donors (Lipinski definition) is 1. The van der Waals surface area contributed by atoms with Gasteiger partial charge in [0.15, 0.2) is 0 Å². The number of aromatic nitrogens is 1. The summed E-state index contributed by atoms with van der Waals surface area (Å²) in [6, 6.07) is 11.4. The van der Waals surface area contributed by atoms with Crippen LogP contribution in [0.25, 0.3) is 11.3 Å². The Hall–Kier alpha value is -2.16. The Morgan fingerprint density at radius 2 is 2.00 bits per heavy atom. The van der Waals surface area contributed by atoms with E-state index in [1.807, 2.05) is 24.3 Å². The largest absolute Gasteiger partial charge is 0.366 e. The first-order chi connectivity index (χ1) is 8.58. The van der Waals surface area contributed by atoms with E-state index in [1.54, 1.807) is 12.3 Å². The molecule has 1 amide bonds. The second kappa shape index (κ2) is 5.00. The summed E-state index contributed by atoms with van der Waals surface area (Å²) in [5.74, 6) is -0.0681. The number of hydrogen-bond acceptors (Lipinski definition) is 2. The fourth-order valence-electron chi connectivity index (χ4n) is 1.81. The number of nitrogens with zero attached hydrogens (tertiary/aromatic N) is 1. The van der Waals surface area contributed by atoms with Crippen molar-refractivity contribution >= 4 is 5.91 Å². The van der Waals surface area contributed by atoms with Gasteiger partial charge in [-0.15, -0.1) is 0 Å². The number of rotatable bonds is 3. The van der Waals surface area contributed by atoms with Gasteiger partial charge in [-0.1, -0.05) is 19.9 Å². The molecule has 3 nitrogen and oxygen atoms in total. The fraction of sp³-hybridized carbons (Fsp3) is 0.200. The highest BCUT2D eigenvalue weighted by Crippen LogP contribution is 2.24. The standard InChI is InChI=1S/C15H16N2O/c1-10(2)11-7-12(9-13(8-11)15(16)18)14-5-3-4-6-17-14/h3-10H,1-2H3,(H2,16,18). The van der Waals surface area contributed by atoms with E-state index in [0.717, 1.165) is 16.8 Å². The molecule has 0 aliphatic carbocycles. The van der Waals surface area contributed by atoms with E-state index in [4.69, 9.17) is 5.73 Å². The van der Waals surface area contributed by atoms with Gasteiger partial charge in [0.05, 0.1) is 5.69 Å². The predicted molar refractivity (Wildman–Crippen MR) is 72.3 cm³/mol. The minimum atomic E-state index is -0.408. The lowest BCUT2D eigenvalue weighted by atomic mass is 9.96. The van der Waals surface area contributed by atoms with Crippen LogP contribution in [0.1, 0.15) is 35.7 Å². The number of pyridine rings is 1. The molecule has 1 aromatic carbocycles. The molecule has 0 spiro atoms. The molecule has 0 unspecified atom stereocenters. The monoisotopic (exact) mass is 240 g/mol. The maximum atomic E-state index is 11.4. The Morgan fingerprint density at radius 3 is 2.56 bits per heavy atom. The van der Waals surface area contributed by atoms with Gasteiger partial charge in [0, 0.05) is 17.3 Å². The van der Waals surface area contributed by atoms with Crippen LogP contribution in [0, 0.1) is 0 Å². The van der Waals surface area contributed by atoms with E-state index in [9.17, 15) is 4.79 Å². The zero-order chi connectivity index (χ0) is 13.1. The third-order valence-corrected chi connectivity index (χ3v) is 2.87. The lowest BCUT2D eigenvalue weighted by Crippen LogP contribution is -2.11. The first kappa shape index (κ1) is 12.3. The number of benzene rings is 1. The number of carbonyl (C=O) groups excluding carboxylic acids is 1. The normalized spacial score (nSPS) is 10.6. The molecule has 0 fully saturated rings. The van der Waals surface area contributed by atoms with E-state index in [0.29, 0.717) is 11.5 Å². The Kier molecular flexibility index (Phi) is 3.42. The molecule has 2 rings (SSSR count). The number of nitrogens with two attached hydrogens (primary N) is 1. The highest BCUT2D eigenvalue weighted by atomic mass is 16.1.